The summed E-state index contributed by atoms with van der Waals surface area (Å²) in [6.07, 6.45) is 2.74. The molecule has 0 aliphatic heterocycles. The van der Waals surface area contributed by atoms with E-state index in [4.69, 9.17) is 0 Å². The highest BCUT2D eigenvalue weighted by Crippen LogP contribution is 2.20. The number of amides is 1. The number of aromatic nitrogens is 3. The van der Waals surface area contributed by atoms with Crippen molar-refractivity contribution in [1.29, 1.82) is 0 Å². The first-order valence-corrected chi connectivity index (χ1v) is 7.03. The highest BCUT2D eigenvalue weighted by atomic mass is 32.1. The number of hydrogen-bond acceptors (Lipinski definition) is 4. The van der Waals surface area contributed by atoms with Crippen LogP contribution in [0.15, 0.2) is 42.3 Å². The van der Waals surface area contributed by atoms with Crippen molar-refractivity contribution >= 4 is 22.9 Å². The summed E-state index contributed by atoms with van der Waals surface area (Å²) in [5, 5.41) is 8.40. The number of benzene rings is 1. The zero-order chi connectivity index (χ0) is 14.8. The Morgan fingerprint density at radius 3 is 2.86 bits per heavy atom. The predicted molar refractivity (Wildman–Crippen MR) is 78.3 cm³/mol. The van der Waals surface area contributed by atoms with Gasteiger partial charge in [0.05, 0.1) is 4.88 Å². The summed E-state index contributed by atoms with van der Waals surface area (Å²) in [7, 11) is 0. The van der Waals surface area contributed by atoms with Crippen molar-refractivity contribution in [2.75, 3.05) is 5.32 Å². The predicted octanol–water partition coefficient (Wildman–Crippen LogP) is 3.03. The van der Waals surface area contributed by atoms with Crippen molar-refractivity contribution in [1.82, 2.24) is 14.8 Å². The molecule has 1 N–H and O–H groups in total. The van der Waals surface area contributed by atoms with Gasteiger partial charge in [-0.05, 0) is 42.1 Å². The molecule has 1 aromatic carbocycles. The van der Waals surface area contributed by atoms with E-state index >= 15 is 0 Å². The van der Waals surface area contributed by atoms with Gasteiger partial charge in [0.25, 0.3) is 5.91 Å². The normalized spacial score (nSPS) is 10.6. The fraction of sp³-hybridized carbons (Fsp3) is 0.0714. The summed E-state index contributed by atoms with van der Waals surface area (Å²) in [5.41, 5.74) is 1.57. The molecule has 3 rings (SSSR count). The molecule has 0 saturated heterocycles. The minimum Gasteiger partial charge on any atom is -0.321 e. The van der Waals surface area contributed by atoms with Gasteiger partial charge in [-0.25, -0.2) is 14.1 Å². The Labute approximate surface area is 124 Å². The van der Waals surface area contributed by atoms with Crippen molar-refractivity contribution in [2.24, 2.45) is 0 Å². The Morgan fingerprint density at radius 1 is 1.38 bits per heavy atom. The summed E-state index contributed by atoms with van der Waals surface area (Å²) in [5.74, 6) is -0.725. The Balaban J connectivity index is 1.83. The highest BCUT2D eigenvalue weighted by molar-refractivity contribution is 7.12. The van der Waals surface area contributed by atoms with Gasteiger partial charge in [0.2, 0.25) is 0 Å². The Kier molecular flexibility index (Phi) is 3.49. The third-order valence-electron chi connectivity index (χ3n) is 2.94. The van der Waals surface area contributed by atoms with Gasteiger partial charge in [0, 0.05) is 5.69 Å². The number of anilines is 1. The monoisotopic (exact) mass is 302 g/mol. The molecule has 0 spiro atoms. The molecule has 2 aromatic heterocycles. The second kappa shape index (κ2) is 5.45. The van der Waals surface area contributed by atoms with Crippen LogP contribution in [-0.2, 0) is 0 Å². The van der Waals surface area contributed by atoms with Crippen LogP contribution >= 0.6 is 11.3 Å². The van der Waals surface area contributed by atoms with Crippen LogP contribution in [0.5, 0.6) is 0 Å². The molecule has 0 bridgehead atoms. The van der Waals surface area contributed by atoms with Crippen LogP contribution in [0, 0.1) is 12.7 Å². The van der Waals surface area contributed by atoms with Crippen molar-refractivity contribution in [3.05, 3.63) is 58.6 Å². The first-order valence-electron chi connectivity index (χ1n) is 6.15. The van der Waals surface area contributed by atoms with Gasteiger partial charge in [-0.15, -0.1) is 11.3 Å². The maximum absolute atomic E-state index is 14.0. The number of thiophene rings is 1. The first-order chi connectivity index (χ1) is 10.1. The van der Waals surface area contributed by atoms with Crippen LogP contribution in [0.3, 0.4) is 0 Å². The average molecular weight is 302 g/mol. The van der Waals surface area contributed by atoms with E-state index in [-0.39, 0.29) is 11.6 Å². The van der Waals surface area contributed by atoms with Gasteiger partial charge in [0.1, 0.15) is 18.3 Å². The van der Waals surface area contributed by atoms with E-state index < -0.39 is 5.82 Å². The number of carbonyl (C=O) groups excluding carboxylic acids is 1. The van der Waals surface area contributed by atoms with Crippen LogP contribution in [0.2, 0.25) is 0 Å². The van der Waals surface area contributed by atoms with E-state index in [1.165, 1.54) is 34.7 Å². The highest BCUT2D eigenvalue weighted by Gasteiger charge is 2.12. The summed E-state index contributed by atoms with van der Waals surface area (Å²) in [6, 6.07) is 6.30. The molecule has 2 heterocycles. The van der Waals surface area contributed by atoms with E-state index in [9.17, 15) is 9.18 Å². The lowest BCUT2D eigenvalue weighted by Gasteiger charge is -2.07. The minimum absolute atomic E-state index is 0.240. The molecule has 0 fully saturated rings. The van der Waals surface area contributed by atoms with Crippen molar-refractivity contribution in [3.8, 4) is 5.69 Å². The molecular formula is C14H11FN4OS. The maximum atomic E-state index is 14.0. The molecule has 0 saturated carbocycles. The molecule has 0 aliphatic rings. The third kappa shape index (κ3) is 2.68. The number of hydrogen-bond donors (Lipinski definition) is 1. The van der Waals surface area contributed by atoms with Gasteiger partial charge >= 0.3 is 0 Å². The Bertz CT molecular complexity index is 782. The van der Waals surface area contributed by atoms with Crippen molar-refractivity contribution < 1.29 is 9.18 Å². The Hall–Kier alpha value is -2.54. The summed E-state index contributed by atoms with van der Waals surface area (Å²) in [4.78, 5) is 16.5. The fourth-order valence-corrected chi connectivity index (χ4v) is 2.72. The molecule has 21 heavy (non-hydrogen) atoms. The molecule has 1 amide bonds. The molecule has 5 nitrogen and oxygen atoms in total. The van der Waals surface area contributed by atoms with Gasteiger partial charge < -0.3 is 5.32 Å². The quantitative estimate of drug-likeness (QED) is 0.809. The standard InChI is InChI=1S/C14H11FN4OS/c1-9-4-5-21-13(9)14(20)18-10-2-3-12(11(15)6-10)19-8-16-7-17-19/h2-8H,1H3,(H,18,20). The number of nitrogens with one attached hydrogen (secondary N) is 1. The second-order valence-electron chi connectivity index (χ2n) is 4.39. The van der Waals surface area contributed by atoms with Crippen LogP contribution in [0.4, 0.5) is 10.1 Å². The lowest BCUT2D eigenvalue weighted by molar-refractivity contribution is 0.103. The molecule has 0 unspecified atom stereocenters. The zero-order valence-electron chi connectivity index (χ0n) is 11.1. The number of halogens is 1. The largest absolute Gasteiger partial charge is 0.321 e. The topological polar surface area (TPSA) is 59.8 Å². The second-order valence-corrected chi connectivity index (χ2v) is 5.31. The summed E-state index contributed by atoms with van der Waals surface area (Å²) < 4.78 is 15.4. The molecule has 0 atom stereocenters. The van der Waals surface area contributed by atoms with Crippen LogP contribution < -0.4 is 5.32 Å². The van der Waals surface area contributed by atoms with Crippen molar-refractivity contribution in [2.45, 2.75) is 6.92 Å². The van der Waals surface area contributed by atoms with Crippen LogP contribution in [0.25, 0.3) is 5.69 Å². The lowest BCUT2D eigenvalue weighted by Crippen LogP contribution is -2.11. The average Bonchev–Trinajstić information content (AvgIpc) is 3.10. The number of carbonyl (C=O) groups is 1. The van der Waals surface area contributed by atoms with Gasteiger partial charge in [-0.1, -0.05) is 0 Å². The smallest absolute Gasteiger partial charge is 0.265 e. The SMILES string of the molecule is Cc1ccsc1C(=O)Nc1ccc(-n2cncn2)c(F)c1. The molecule has 0 aliphatic carbocycles. The van der Waals surface area contributed by atoms with Gasteiger partial charge in [-0.2, -0.15) is 5.10 Å². The van der Waals surface area contributed by atoms with Crippen LogP contribution in [0.1, 0.15) is 15.2 Å². The third-order valence-corrected chi connectivity index (χ3v) is 3.95. The maximum Gasteiger partial charge on any atom is 0.265 e. The zero-order valence-corrected chi connectivity index (χ0v) is 11.9. The lowest BCUT2D eigenvalue weighted by atomic mass is 10.2. The van der Waals surface area contributed by atoms with Gasteiger partial charge in [-0.3, -0.25) is 4.79 Å². The number of rotatable bonds is 3. The summed E-state index contributed by atoms with van der Waals surface area (Å²) >= 11 is 1.35. The van der Waals surface area contributed by atoms with E-state index in [1.807, 2.05) is 18.4 Å². The Morgan fingerprint density at radius 2 is 2.24 bits per heavy atom. The minimum atomic E-state index is -0.485. The van der Waals surface area contributed by atoms with E-state index in [0.29, 0.717) is 10.6 Å². The molecule has 106 valence electrons. The molecule has 3 aromatic rings. The van der Waals surface area contributed by atoms with Gasteiger partial charge in [0.15, 0.2) is 5.82 Å². The van der Waals surface area contributed by atoms with E-state index in [2.05, 4.69) is 15.4 Å². The number of aryl methyl sites for hydroxylation is 1. The first kappa shape index (κ1) is 13.4. The van der Waals surface area contributed by atoms with Crippen molar-refractivity contribution in [3.63, 3.8) is 0 Å². The molecule has 7 heteroatoms. The molecular weight excluding hydrogens is 291 g/mol. The fourth-order valence-electron chi connectivity index (χ4n) is 1.90. The van der Waals surface area contributed by atoms with E-state index in [0.717, 1.165) is 5.56 Å². The number of nitrogens with zero attached hydrogens (tertiary/aromatic N) is 3. The summed E-state index contributed by atoms with van der Waals surface area (Å²) in [6.45, 7) is 1.86. The van der Waals surface area contributed by atoms with Crippen LogP contribution in [-0.4, -0.2) is 20.7 Å². The van der Waals surface area contributed by atoms with E-state index in [1.54, 1.807) is 12.1 Å². The molecule has 0 radical (unpaired) electrons.